The van der Waals surface area contributed by atoms with Crippen LogP contribution < -0.4 is 10.6 Å². The van der Waals surface area contributed by atoms with Crippen LogP contribution in [0.2, 0.25) is 0 Å². The molecule has 2 aromatic heterocycles. The highest BCUT2D eigenvalue weighted by Gasteiger charge is 2.29. The van der Waals surface area contributed by atoms with Gasteiger partial charge < -0.3 is 10.6 Å². The Morgan fingerprint density at radius 3 is 2.95 bits per heavy atom. The fourth-order valence-electron chi connectivity index (χ4n) is 3.37. The van der Waals surface area contributed by atoms with Crippen molar-refractivity contribution in [3.63, 3.8) is 0 Å². The van der Waals surface area contributed by atoms with E-state index in [4.69, 9.17) is 5.73 Å². The van der Waals surface area contributed by atoms with Crippen molar-refractivity contribution in [1.82, 2.24) is 9.97 Å². The largest absolute Gasteiger partial charge is 0.356 e. The molecule has 0 radical (unpaired) electrons. The van der Waals surface area contributed by atoms with Gasteiger partial charge in [-0.25, -0.2) is 9.97 Å². The molecule has 0 saturated heterocycles. The lowest BCUT2D eigenvalue weighted by molar-refractivity contribution is 0.306. The van der Waals surface area contributed by atoms with Gasteiger partial charge in [-0.05, 0) is 38.3 Å². The second-order valence-electron chi connectivity index (χ2n) is 5.73. The Labute approximate surface area is 124 Å². The van der Waals surface area contributed by atoms with E-state index in [0.717, 1.165) is 17.2 Å². The van der Waals surface area contributed by atoms with Gasteiger partial charge in [0.15, 0.2) is 0 Å². The van der Waals surface area contributed by atoms with Crippen LogP contribution in [-0.4, -0.2) is 29.6 Å². The van der Waals surface area contributed by atoms with Gasteiger partial charge in [-0.15, -0.1) is 11.3 Å². The first kappa shape index (κ1) is 13.8. The van der Waals surface area contributed by atoms with Gasteiger partial charge in [-0.2, -0.15) is 0 Å². The number of nitrogens with zero attached hydrogens (tertiary/aromatic N) is 3. The number of anilines is 1. The van der Waals surface area contributed by atoms with Crippen LogP contribution in [-0.2, 0) is 0 Å². The summed E-state index contributed by atoms with van der Waals surface area (Å²) >= 11 is 1.73. The number of hydrogen-bond acceptors (Lipinski definition) is 5. The highest BCUT2D eigenvalue weighted by atomic mass is 32.1. The summed E-state index contributed by atoms with van der Waals surface area (Å²) in [7, 11) is 2.16. The van der Waals surface area contributed by atoms with Crippen LogP contribution >= 0.6 is 11.3 Å². The molecule has 1 fully saturated rings. The molecule has 3 rings (SSSR count). The van der Waals surface area contributed by atoms with Crippen LogP contribution in [0.5, 0.6) is 0 Å². The fraction of sp³-hybridized carbons (Fsp3) is 0.600. The van der Waals surface area contributed by atoms with Crippen LogP contribution in [0, 0.1) is 12.8 Å². The topological polar surface area (TPSA) is 55.0 Å². The molecule has 4 nitrogen and oxygen atoms in total. The Balaban J connectivity index is 1.96. The van der Waals surface area contributed by atoms with E-state index in [1.807, 2.05) is 0 Å². The lowest BCUT2D eigenvalue weighted by Gasteiger charge is -2.38. The highest BCUT2D eigenvalue weighted by molar-refractivity contribution is 7.18. The number of fused-ring (bicyclic) bond motifs is 1. The van der Waals surface area contributed by atoms with Crippen LogP contribution in [0.3, 0.4) is 0 Å². The standard InChI is InChI=1S/C15H22N4S/c1-10-7-12-14(17-9-18-15(12)20-10)19(2)13-6-4-3-5-11(13)8-16/h7,9,11,13H,3-6,8,16H2,1-2H3. The van der Waals surface area contributed by atoms with Crippen molar-refractivity contribution in [2.75, 3.05) is 18.5 Å². The van der Waals surface area contributed by atoms with Crippen LogP contribution in [0.1, 0.15) is 30.6 Å². The van der Waals surface area contributed by atoms with E-state index in [0.29, 0.717) is 12.0 Å². The van der Waals surface area contributed by atoms with Crippen molar-refractivity contribution in [1.29, 1.82) is 0 Å². The number of hydrogen-bond donors (Lipinski definition) is 1. The average molecular weight is 290 g/mol. The van der Waals surface area contributed by atoms with Crippen LogP contribution in [0.25, 0.3) is 10.2 Å². The molecule has 2 N–H and O–H groups in total. The summed E-state index contributed by atoms with van der Waals surface area (Å²) in [4.78, 5) is 13.6. The minimum Gasteiger partial charge on any atom is -0.356 e. The van der Waals surface area contributed by atoms with E-state index < -0.39 is 0 Å². The Bertz CT molecular complexity index is 595. The zero-order valence-electron chi connectivity index (χ0n) is 12.2. The predicted molar refractivity (Wildman–Crippen MR) is 85.4 cm³/mol. The monoisotopic (exact) mass is 290 g/mol. The summed E-state index contributed by atoms with van der Waals surface area (Å²) in [5.74, 6) is 1.64. The second kappa shape index (κ2) is 5.66. The molecule has 2 aromatic rings. The molecule has 2 unspecified atom stereocenters. The van der Waals surface area contributed by atoms with Crippen molar-refractivity contribution in [2.24, 2.45) is 11.7 Å². The van der Waals surface area contributed by atoms with Crippen molar-refractivity contribution in [2.45, 2.75) is 38.6 Å². The first-order valence-electron chi connectivity index (χ1n) is 7.34. The Morgan fingerprint density at radius 1 is 1.35 bits per heavy atom. The average Bonchev–Trinajstić information content (AvgIpc) is 2.86. The number of aromatic nitrogens is 2. The third-order valence-electron chi connectivity index (χ3n) is 4.43. The highest BCUT2D eigenvalue weighted by Crippen LogP contribution is 2.34. The lowest BCUT2D eigenvalue weighted by atomic mass is 9.83. The lowest BCUT2D eigenvalue weighted by Crippen LogP contribution is -2.43. The zero-order chi connectivity index (χ0) is 14.1. The quantitative estimate of drug-likeness (QED) is 0.944. The third-order valence-corrected chi connectivity index (χ3v) is 5.39. The summed E-state index contributed by atoms with van der Waals surface area (Å²) in [6.45, 7) is 2.89. The maximum Gasteiger partial charge on any atom is 0.140 e. The Kier molecular flexibility index (Phi) is 3.89. The molecule has 1 saturated carbocycles. The van der Waals surface area contributed by atoms with E-state index in [2.05, 4.69) is 34.9 Å². The fourth-order valence-corrected chi connectivity index (χ4v) is 4.22. The zero-order valence-corrected chi connectivity index (χ0v) is 13.0. The maximum atomic E-state index is 5.97. The summed E-state index contributed by atoms with van der Waals surface area (Å²) in [5.41, 5.74) is 5.97. The summed E-state index contributed by atoms with van der Waals surface area (Å²) < 4.78 is 0. The minimum atomic E-state index is 0.507. The molecule has 1 aliphatic rings. The van der Waals surface area contributed by atoms with Gasteiger partial charge in [0.1, 0.15) is 17.0 Å². The van der Waals surface area contributed by atoms with Gasteiger partial charge in [0.25, 0.3) is 0 Å². The molecule has 20 heavy (non-hydrogen) atoms. The Morgan fingerprint density at radius 2 is 2.15 bits per heavy atom. The molecule has 0 aliphatic heterocycles. The summed E-state index contributed by atoms with van der Waals surface area (Å²) in [6, 6.07) is 2.71. The van der Waals surface area contributed by atoms with Crippen molar-refractivity contribution in [3.05, 3.63) is 17.3 Å². The first-order chi connectivity index (χ1) is 9.70. The van der Waals surface area contributed by atoms with Gasteiger partial charge in [0.2, 0.25) is 0 Å². The van der Waals surface area contributed by atoms with Crippen molar-refractivity contribution in [3.8, 4) is 0 Å². The van der Waals surface area contributed by atoms with Crippen LogP contribution in [0.4, 0.5) is 5.82 Å². The summed E-state index contributed by atoms with van der Waals surface area (Å²) in [5, 5.41) is 1.18. The summed E-state index contributed by atoms with van der Waals surface area (Å²) in [6.07, 6.45) is 6.74. The van der Waals surface area contributed by atoms with Gasteiger partial charge >= 0.3 is 0 Å². The van der Waals surface area contributed by atoms with E-state index in [1.165, 1.54) is 35.9 Å². The number of rotatable bonds is 3. The second-order valence-corrected chi connectivity index (χ2v) is 6.97. The number of thiophene rings is 1. The van der Waals surface area contributed by atoms with Crippen molar-refractivity contribution >= 4 is 27.4 Å². The van der Waals surface area contributed by atoms with Crippen molar-refractivity contribution < 1.29 is 0 Å². The molecule has 108 valence electrons. The van der Waals surface area contributed by atoms with Crippen LogP contribution in [0.15, 0.2) is 12.4 Å². The normalized spacial score (nSPS) is 23.1. The molecular weight excluding hydrogens is 268 g/mol. The van der Waals surface area contributed by atoms with E-state index >= 15 is 0 Å². The van der Waals surface area contributed by atoms with Gasteiger partial charge in [-0.3, -0.25) is 0 Å². The number of nitrogens with two attached hydrogens (primary N) is 1. The molecule has 2 atom stereocenters. The van der Waals surface area contributed by atoms with E-state index in [-0.39, 0.29) is 0 Å². The van der Waals surface area contributed by atoms with Gasteiger partial charge in [0, 0.05) is 18.0 Å². The van der Waals surface area contributed by atoms with Gasteiger partial charge in [-0.1, -0.05) is 12.8 Å². The third kappa shape index (κ3) is 2.40. The smallest absolute Gasteiger partial charge is 0.140 e. The number of aryl methyl sites for hydroxylation is 1. The molecular formula is C15H22N4S. The minimum absolute atomic E-state index is 0.507. The van der Waals surface area contributed by atoms with Gasteiger partial charge in [0.05, 0.1) is 5.39 Å². The molecule has 5 heteroatoms. The molecule has 0 spiro atoms. The molecule has 0 aromatic carbocycles. The molecule has 0 bridgehead atoms. The maximum absolute atomic E-state index is 5.97. The van der Waals surface area contributed by atoms with E-state index in [1.54, 1.807) is 17.7 Å². The first-order valence-corrected chi connectivity index (χ1v) is 8.16. The SMILES string of the molecule is Cc1cc2c(N(C)C3CCCCC3CN)ncnc2s1. The molecule has 1 aliphatic carbocycles. The van der Waals surface area contributed by atoms with E-state index in [9.17, 15) is 0 Å². The molecule has 2 heterocycles. The molecule has 0 amide bonds. The predicted octanol–water partition coefficient (Wildman–Crippen LogP) is 2.95. The Hall–Kier alpha value is -1.20.